The molecule has 1 heterocycles. The largest absolute Gasteiger partial charge is 0.481 e. The average Bonchev–Trinajstić information content (AvgIpc) is 2.65. The number of amides is 2. The topological polar surface area (TPSA) is 86.7 Å². The van der Waals surface area contributed by atoms with Crippen LogP contribution in [0.3, 0.4) is 0 Å². The van der Waals surface area contributed by atoms with E-state index in [0.29, 0.717) is 17.7 Å². The fourth-order valence-electron chi connectivity index (χ4n) is 3.19. The second-order valence-electron chi connectivity index (χ2n) is 6.45. The maximum atomic E-state index is 13.2. The van der Waals surface area contributed by atoms with Gasteiger partial charge in [0.1, 0.15) is 5.82 Å². The number of carbonyl (C=O) groups excluding carboxylic acids is 2. The first-order valence-corrected chi connectivity index (χ1v) is 8.53. The third-order valence-corrected chi connectivity index (χ3v) is 4.54. The number of hydrogen-bond donors (Lipinski definition) is 2. The number of rotatable bonds is 5. The van der Waals surface area contributed by atoms with Crippen LogP contribution in [0.2, 0.25) is 0 Å². The Kier molecular flexibility index (Phi) is 5.49. The molecule has 1 aliphatic heterocycles. The lowest BCUT2D eigenvalue weighted by atomic mass is 9.90. The molecule has 0 aromatic heterocycles. The second-order valence-corrected chi connectivity index (χ2v) is 6.45. The first-order chi connectivity index (χ1) is 12.9. The van der Waals surface area contributed by atoms with Gasteiger partial charge in [0.25, 0.3) is 0 Å². The Bertz CT molecular complexity index is 884. The highest BCUT2D eigenvalue weighted by Gasteiger charge is 2.32. The van der Waals surface area contributed by atoms with E-state index in [1.807, 2.05) is 0 Å². The summed E-state index contributed by atoms with van der Waals surface area (Å²) in [5.41, 5.74) is 2.01. The predicted octanol–water partition coefficient (Wildman–Crippen LogP) is 1.70. The van der Waals surface area contributed by atoms with Gasteiger partial charge in [0.05, 0.1) is 18.9 Å². The van der Waals surface area contributed by atoms with Gasteiger partial charge in [-0.3, -0.25) is 14.4 Å². The average molecular weight is 370 g/mol. The third kappa shape index (κ3) is 4.49. The predicted molar refractivity (Wildman–Crippen MR) is 95.3 cm³/mol. The van der Waals surface area contributed by atoms with Gasteiger partial charge in [0.2, 0.25) is 11.8 Å². The molecule has 0 radical (unpaired) electrons. The lowest BCUT2D eigenvalue weighted by molar-refractivity contribution is -0.141. The van der Waals surface area contributed by atoms with Crippen molar-refractivity contribution in [3.8, 4) is 0 Å². The first kappa shape index (κ1) is 18.6. The highest BCUT2D eigenvalue weighted by atomic mass is 19.1. The highest BCUT2D eigenvalue weighted by molar-refractivity contribution is 5.87. The normalized spacial score (nSPS) is 15.7. The van der Waals surface area contributed by atoms with Gasteiger partial charge in [0, 0.05) is 13.1 Å². The Morgan fingerprint density at radius 2 is 1.93 bits per heavy atom. The molecule has 3 rings (SSSR count). The van der Waals surface area contributed by atoms with Crippen molar-refractivity contribution in [3.63, 3.8) is 0 Å². The molecule has 7 heteroatoms. The summed E-state index contributed by atoms with van der Waals surface area (Å²) in [6.45, 7) is 0.131. The van der Waals surface area contributed by atoms with E-state index in [4.69, 9.17) is 0 Å². The number of nitrogens with zero attached hydrogens (tertiary/aromatic N) is 1. The van der Waals surface area contributed by atoms with E-state index < -0.39 is 23.6 Å². The second kappa shape index (κ2) is 7.99. The van der Waals surface area contributed by atoms with Crippen LogP contribution >= 0.6 is 0 Å². The molecular weight excluding hydrogens is 351 g/mol. The molecule has 2 aromatic carbocycles. The summed E-state index contributed by atoms with van der Waals surface area (Å²) in [5.74, 6) is -2.97. The van der Waals surface area contributed by atoms with Gasteiger partial charge in [-0.05, 0) is 28.8 Å². The Morgan fingerprint density at radius 1 is 1.15 bits per heavy atom. The molecule has 6 nitrogen and oxygen atoms in total. The van der Waals surface area contributed by atoms with Gasteiger partial charge in [0.15, 0.2) is 0 Å². The van der Waals surface area contributed by atoms with Crippen molar-refractivity contribution in [1.82, 2.24) is 10.2 Å². The van der Waals surface area contributed by atoms with E-state index in [1.165, 1.54) is 23.1 Å². The number of benzene rings is 2. The maximum absolute atomic E-state index is 13.2. The molecular formula is C20H19FN2O4. The van der Waals surface area contributed by atoms with Gasteiger partial charge in [-0.1, -0.05) is 36.4 Å². The highest BCUT2D eigenvalue weighted by Crippen LogP contribution is 2.28. The number of nitrogens with one attached hydrogen (secondary N) is 1. The zero-order chi connectivity index (χ0) is 19.4. The van der Waals surface area contributed by atoms with Crippen molar-refractivity contribution in [1.29, 1.82) is 0 Å². The molecule has 27 heavy (non-hydrogen) atoms. The van der Waals surface area contributed by atoms with Crippen molar-refractivity contribution in [2.75, 3.05) is 13.1 Å². The number of carboxylic acid groups (broad SMARTS) is 1. The minimum Gasteiger partial charge on any atom is -0.481 e. The van der Waals surface area contributed by atoms with Crippen LogP contribution in [0.25, 0.3) is 0 Å². The van der Waals surface area contributed by atoms with Crippen LogP contribution < -0.4 is 5.32 Å². The Balaban J connectivity index is 1.60. The number of hydrogen-bond acceptors (Lipinski definition) is 3. The number of carbonyl (C=O) groups is 3. The summed E-state index contributed by atoms with van der Waals surface area (Å²) in [6.07, 6.45) is -0.0361. The Hall–Kier alpha value is -3.22. The standard InChI is InChI=1S/C20H19FN2O4/c21-15-6-3-4-13(8-15)9-18(24)22-10-19(25)23-11-14-5-1-2-7-16(14)17(12-23)20(26)27/h1-8,17H,9-12H2,(H,22,24)(H,26,27). The molecule has 0 spiro atoms. The molecule has 2 N–H and O–H groups in total. The molecule has 1 unspecified atom stereocenters. The van der Waals surface area contributed by atoms with Crippen LogP contribution in [0.4, 0.5) is 4.39 Å². The van der Waals surface area contributed by atoms with Crippen LogP contribution in [0, 0.1) is 5.82 Å². The van der Waals surface area contributed by atoms with Gasteiger partial charge in [-0.25, -0.2) is 4.39 Å². The molecule has 2 amide bonds. The lowest BCUT2D eigenvalue weighted by Gasteiger charge is -2.32. The maximum Gasteiger partial charge on any atom is 0.312 e. The van der Waals surface area contributed by atoms with Crippen LogP contribution in [-0.4, -0.2) is 40.9 Å². The van der Waals surface area contributed by atoms with Gasteiger partial charge in [-0.2, -0.15) is 0 Å². The molecule has 1 aliphatic rings. The molecule has 2 aromatic rings. The van der Waals surface area contributed by atoms with Crippen LogP contribution in [0.1, 0.15) is 22.6 Å². The zero-order valence-electron chi connectivity index (χ0n) is 14.5. The first-order valence-electron chi connectivity index (χ1n) is 8.53. The fraction of sp³-hybridized carbons (Fsp3) is 0.250. The minimum atomic E-state index is -0.991. The molecule has 0 aliphatic carbocycles. The smallest absolute Gasteiger partial charge is 0.312 e. The summed E-state index contributed by atoms with van der Waals surface area (Å²) in [7, 11) is 0. The lowest BCUT2D eigenvalue weighted by Crippen LogP contribution is -2.45. The summed E-state index contributed by atoms with van der Waals surface area (Å²) in [4.78, 5) is 37.4. The van der Waals surface area contributed by atoms with E-state index >= 15 is 0 Å². The number of halogens is 1. The van der Waals surface area contributed by atoms with Gasteiger partial charge in [-0.15, -0.1) is 0 Å². The molecule has 0 saturated carbocycles. The Labute approximate surface area is 155 Å². The molecule has 0 bridgehead atoms. The van der Waals surface area contributed by atoms with Crippen LogP contribution in [0.15, 0.2) is 48.5 Å². The van der Waals surface area contributed by atoms with Crippen LogP contribution in [0.5, 0.6) is 0 Å². The van der Waals surface area contributed by atoms with Crippen molar-refractivity contribution >= 4 is 17.8 Å². The monoisotopic (exact) mass is 370 g/mol. The molecule has 0 fully saturated rings. The third-order valence-electron chi connectivity index (χ3n) is 4.54. The van der Waals surface area contributed by atoms with Crippen molar-refractivity contribution in [3.05, 3.63) is 71.0 Å². The van der Waals surface area contributed by atoms with Gasteiger partial charge >= 0.3 is 5.97 Å². The van der Waals surface area contributed by atoms with Crippen molar-refractivity contribution in [2.24, 2.45) is 0 Å². The molecule has 0 saturated heterocycles. The summed E-state index contributed by atoms with van der Waals surface area (Å²) in [5, 5.41) is 12.0. The van der Waals surface area contributed by atoms with E-state index in [9.17, 15) is 23.9 Å². The summed E-state index contributed by atoms with van der Waals surface area (Å²) >= 11 is 0. The fourth-order valence-corrected chi connectivity index (χ4v) is 3.19. The summed E-state index contributed by atoms with van der Waals surface area (Å²) < 4.78 is 13.2. The van der Waals surface area contributed by atoms with E-state index in [-0.39, 0.29) is 25.4 Å². The SMILES string of the molecule is O=C(Cc1cccc(F)c1)NCC(=O)N1Cc2ccccc2C(C(=O)O)C1. The van der Waals surface area contributed by atoms with Gasteiger partial charge < -0.3 is 15.3 Å². The number of carboxylic acids is 1. The quantitative estimate of drug-likeness (QED) is 0.839. The van der Waals surface area contributed by atoms with Crippen molar-refractivity contribution < 1.29 is 23.9 Å². The number of fused-ring (bicyclic) bond motifs is 1. The Morgan fingerprint density at radius 3 is 2.67 bits per heavy atom. The van der Waals surface area contributed by atoms with E-state index in [1.54, 1.807) is 30.3 Å². The molecule has 1 atom stereocenters. The van der Waals surface area contributed by atoms with E-state index in [0.717, 1.165) is 5.56 Å². The van der Waals surface area contributed by atoms with Crippen LogP contribution in [-0.2, 0) is 27.3 Å². The minimum absolute atomic E-state index is 0.0361. The zero-order valence-corrected chi connectivity index (χ0v) is 14.5. The molecule has 140 valence electrons. The summed E-state index contributed by atoms with van der Waals surface area (Å²) in [6, 6.07) is 12.8. The van der Waals surface area contributed by atoms with E-state index in [2.05, 4.69) is 5.32 Å². The number of aliphatic carboxylic acids is 1. The van der Waals surface area contributed by atoms with Crippen molar-refractivity contribution in [2.45, 2.75) is 18.9 Å².